The van der Waals surface area contributed by atoms with Crippen molar-refractivity contribution in [3.63, 3.8) is 0 Å². The maximum atomic E-state index is 14.0. The first-order valence-electron chi connectivity index (χ1n) is 10.2. The van der Waals surface area contributed by atoms with Crippen LogP contribution in [-0.4, -0.2) is 18.5 Å². The van der Waals surface area contributed by atoms with E-state index in [4.69, 9.17) is 9.47 Å². The van der Waals surface area contributed by atoms with Gasteiger partial charge in [-0.3, -0.25) is 4.79 Å². The van der Waals surface area contributed by atoms with Gasteiger partial charge in [0.05, 0.1) is 12.5 Å². The number of nitrogens with zero attached hydrogens (tertiary/aromatic N) is 1. The molecule has 0 amide bonds. The normalized spacial score (nSPS) is 19.9. The van der Waals surface area contributed by atoms with Gasteiger partial charge < -0.3 is 14.2 Å². The lowest BCUT2D eigenvalue weighted by Gasteiger charge is -2.13. The molecule has 2 aromatic rings. The maximum Gasteiger partial charge on any atom is 0.366 e. The first kappa shape index (κ1) is 23.0. The molecule has 0 N–H and O–H groups in total. The van der Waals surface area contributed by atoms with Gasteiger partial charge in [-0.25, -0.2) is 4.79 Å². The molecule has 0 aliphatic heterocycles. The Hall–Kier alpha value is -3.66. The Kier molecular flexibility index (Phi) is 6.94. The van der Waals surface area contributed by atoms with E-state index in [0.717, 1.165) is 6.08 Å². The van der Waals surface area contributed by atoms with Crippen LogP contribution in [-0.2, 0) is 19.1 Å². The van der Waals surface area contributed by atoms with Gasteiger partial charge in [0.15, 0.2) is 0 Å². The molecule has 0 saturated heterocycles. The Bertz CT molecular complexity index is 1060. The van der Waals surface area contributed by atoms with E-state index >= 15 is 0 Å². The Morgan fingerprint density at radius 2 is 1.84 bits per heavy atom. The lowest BCUT2D eigenvalue weighted by Crippen LogP contribution is -2.14. The van der Waals surface area contributed by atoms with Crippen molar-refractivity contribution in [3.8, 4) is 17.6 Å². The summed E-state index contributed by atoms with van der Waals surface area (Å²) in [6, 6.07) is 17.8. The summed E-state index contributed by atoms with van der Waals surface area (Å²) >= 11 is 0. The Morgan fingerprint density at radius 1 is 1.16 bits per heavy atom. The van der Waals surface area contributed by atoms with Gasteiger partial charge in [0.25, 0.3) is 0 Å². The van der Waals surface area contributed by atoms with Crippen LogP contribution < -0.4 is 4.74 Å². The fraction of sp³-hybridized carbons (Fsp3) is 0.320. The van der Waals surface area contributed by atoms with E-state index in [1.54, 1.807) is 57.2 Å². The topological polar surface area (TPSA) is 85.6 Å². The van der Waals surface area contributed by atoms with Crippen LogP contribution in [0.1, 0.15) is 32.4 Å². The second-order valence-electron chi connectivity index (χ2n) is 7.99. The van der Waals surface area contributed by atoms with Crippen molar-refractivity contribution in [3.05, 3.63) is 72.1 Å². The van der Waals surface area contributed by atoms with Gasteiger partial charge in [-0.2, -0.15) is 9.65 Å². The molecule has 32 heavy (non-hydrogen) atoms. The van der Waals surface area contributed by atoms with Gasteiger partial charge >= 0.3 is 11.9 Å². The predicted octanol–water partition coefficient (Wildman–Crippen LogP) is 5.28. The monoisotopic (exact) mass is 437 g/mol. The van der Waals surface area contributed by atoms with Crippen LogP contribution in [0.5, 0.6) is 11.5 Å². The lowest BCUT2D eigenvalue weighted by atomic mass is 10.1. The third-order valence-corrected chi connectivity index (χ3v) is 5.45. The molecule has 1 aliphatic rings. The van der Waals surface area contributed by atoms with Crippen molar-refractivity contribution in [1.82, 2.24) is 0 Å². The number of rotatable bonds is 8. The van der Waals surface area contributed by atoms with Crippen molar-refractivity contribution in [1.29, 1.82) is 5.26 Å². The molecule has 0 bridgehead atoms. The zero-order valence-corrected chi connectivity index (χ0v) is 18.1. The highest BCUT2D eigenvalue weighted by Crippen LogP contribution is 2.60. The fourth-order valence-corrected chi connectivity index (χ4v) is 3.59. The molecule has 6 nitrogen and oxygen atoms in total. The molecule has 0 unspecified atom stereocenters. The van der Waals surface area contributed by atoms with Crippen LogP contribution in [0.25, 0.3) is 0 Å². The van der Waals surface area contributed by atoms with Gasteiger partial charge in [-0.05, 0) is 48.6 Å². The summed E-state index contributed by atoms with van der Waals surface area (Å²) in [5, 5.41) is 9.58. The van der Waals surface area contributed by atoms with E-state index in [-0.39, 0.29) is 6.61 Å². The van der Waals surface area contributed by atoms with Crippen LogP contribution >= 0.6 is 0 Å². The highest BCUT2D eigenvalue weighted by molar-refractivity contribution is 5.87. The number of nitriles is 1. The summed E-state index contributed by atoms with van der Waals surface area (Å²) in [5.41, 5.74) is -0.156. The second kappa shape index (κ2) is 9.65. The summed E-state index contributed by atoms with van der Waals surface area (Å²) in [7, 11) is 0. The molecule has 1 aliphatic carbocycles. The molecule has 3 atom stereocenters. The Morgan fingerprint density at radius 3 is 2.50 bits per heavy atom. The largest absolute Gasteiger partial charge is 0.461 e. The molecule has 2 aromatic carbocycles. The summed E-state index contributed by atoms with van der Waals surface area (Å²) in [6.07, 6.45) is -0.0580. The molecular formula is C25H24FNO5. The summed E-state index contributed by atoms with van der Waals surface area (Å²) < 4.78 is 29.9. The third-order valence-electron chi connectivity index (χ3n) is 5.45. The van der Waals surface area contributed by atoms with Gasteiger partial charge in [0, 0.05) is 5.56 Å². The number of allylic oxidation sites excluding steroid dienone is 1. The van der Waals surface area contributed by atoms with Crippen molar-refractivity contribution in [2.24, 2.45) is 17.3 Å². The highest BCUT2D eigenvalue weighted by atomic mass is 19.1. The number of hydrogen-bond donors (Lipinski definition) is 0. The molecule has 7 heteroatoms. The molecule has 1 fully saturated rings. The SMILES string of the molecule is CCOC(=O)/C(F)=C\[C@@H]1[C@@H](C(=O)O[C@H](C#N)c2cccc(Oc3ccccc3)c2)C1(C)C. The predicted molar refractivity (Wildman–Crippen MR) is 114 cm³/mol. The van der Waals surface area contributed by atoms with Gasteiger partial charge in [0.2, 0.25) is 11.9 Å². The number of ether oxygens (including phenoxy) is 3. The van der Waals surface area contributed by atoms with Crippen molar-refractivity contribution in [2.45, 2.75) is 26.9 Å². The van der Waals surface area contributed by atoms with Crippen molar-refractivity contribution < 1.29 is 28.2 Å². The summed E-state index contributed by atoms with van der Waals surface area (Å²) in [5.74, 6) is -2.82. The lowest BCUT2D eigenvalue weighted by molar-refractivity contribution is -0.149. The minimum Gasteiger partial charge on any atom is -0.461 e. The van der Waals surface area contributed by atoms with Crippen LogP contribution in [0.4, 0.5) is 4.39 Å². The second-order valence-corrected chi connectivity index (χ2v) is 7.99. The molecular weight excluding hydrogens is 413 g/mol. The van der Waals surface area contributed by atoms with E-state index in [0.29, 0.717) is 17.1 Å². The quantitative estimate of drug-likeness (QED) is 0.413. The number of benzene rings is 2. The Balaban J connectivity index is 1.70. The van der Waals surface area contributed by atoms with Crippen molar-refractivity contribution in [2.75, 3.05) is 6.61 Å². The van der Waals surface area contributed by atoms with Crippen LogP contribution in [0.2, 0.25) is 0 Å². The molecule has 0 aromatic heterocycles. The van der Waals surface area contributed by atoms with E-state index in [1.165, 1.54) is 0 Å². The van der Waals surface area contributed by atoms with Crippen LogP contribution in [0.3, 0.4) is 0 Å². The summed E-state index contributed by atoms with van der Waals surface area (Å²) in [4.78, 5) is 24.3. The van der Waals surface area contributed by atoms with Crippen molar-refractivity contribution >= 4 is 11.9 Å². The number of esters is 2. The maximum absolute atomic E-state index is 14.0. The van der Waals surface area contributed by atoms with Gasteiger partial charge in [-0.1, -0.05) is 44.2 Å². The van der Waals surface area contributed by atoms with E-state index < -0.39 is 41.1 Å². The molecule has 1 saturated carbocycles. The zero-order valence-electron chi connectivity index (χ0n) is 18.1. The molecule has 0 spiro atoms. The first-order valence-corrected chi connectivity index (χ1v) is 10.2. The minimum absolute atomic E-state index is 0.0521. The van der Waals surface area contributed by atoms with Gasteiger partial charge in [0.1, 0.15) is 17.6 Å². The fourth-order valence-electron chi connectivity index (χ4n) is 3.59. The average Bonchev–Trinajstić information content (AvgIpc) is 3.32. The van der Waals surface area contributed by atoms with E-state index in [1.807, 2.05) is 24.3 Å². The third kappa shape index (κ3) is 5.14. The first-order chi connectivity index (χ1) is 15.3. The standard InChI is InChI=1S/C25H24FNO5/c1-4-30-23(28)20(26)14-19-22(25(19,2)3)24(29)32-21(15-27)16-9-8-12-18(13-16)31-17-10-6-5-7-11-17/h5-14,19,21-22H,4H2,1-3H3/b20-14+/t19-,21-,22+/m1/s1. The number of carbonyl (C=O) groups is 2. The molecule has 166 valence electrons. The number of para-hydroxylation sites is 1. The summed E-state index contributed by atoms with van der Waals surface area (Å²) in [6.45, 7) is 5.17. The van der Waals surface area contributed by atoms with Crippen LogP contribution in [0, 0.1) is 28.6 Å². The van der Waals surface area contributed by atoms with E-state index in [9.17, 15) is 19.2 Å². The number of carbonyl (C=O) groups excluding carboxylic acids is 2. The Labute approximate surface area is 186 Å². The smallest absolute Gasteiger partial charge is 0.366 e. The average molecular weight is 437 g/mol. The number of halogens is 1. The number of hydrogen-bond acceptors (Lipinski definition) is 6. The molecule has 3 rings (SSSR count). The molecule has 0 radical (unpaired) electrons. The minimum atomic E-state index is -1.15. The zero-order chi connectivity index (χ0) is 23.3. The van der Waals surface area contributed by atoms with Crippen LogP contribution in [0.15, 0.2) is 66.5 Å². The van der Waals surface area contributed by atoms with E-state index in [2.05, 4.69) is 4.74 Å². The van der Waals surface area contributed by atoms with Gasteiger partial charge in [-0.15, -0.1) is 0 Å². The highest BCUT2D eigenvalue weighted by Gasteiger charge is 2.62. The molecule has 0 heterocycles.